The minimum absolute atomic E-state index is 0.0140. The Labute approximate surface area is 360 Å². The number of hydrogen-bond acceptors (Lipinski definition) is 8. The highest BCUT2D eigenvalue weighted by Gasteiger charge is 2.27. The Balaban J connectivity index is 4.17. The molecule has 0 bridgehead atoms. The van der Waals surface area contributed by atoms with Crippen LogP contribution in [0.15, 0.2) is 48.6 Å². The lowest BCUT2D eigenvalue weighted by Crippen LogP contribution is -2.34. The third kappa shape index (κ3) is 43.8. The number of phosphoric acid groups is 1. The molecular weight excluding hydrogens is 765 g/mol. The summed E-state index contributed by atoms with van der Waals surface area (Å²) in [7, 11) is -4.62. The maximum Gasteiger partial charge on any atom is 0.472 e. The van der Waals surface area contributed by atoms with Gasteiger partial charge in [-0.3, -0.25) is 18.6 Å². The number of hydrogen-bond donors (Lipinski definition) is 3. The van der Waals surface area contributed by atoms with Crippen LogP contribution in [0, 0.1) is 0 Å². The molecule has 344 valence electrons. The van der Waals surface area contributed by atoms with Gasteiger partial charge >= 0.3 is 19.8 Å². The van der Waals surface area contributed by atoms with Gasteiger partial charge in [-0.15, -0.1) is 0 Å². The Kier molecular flexibility index (Phi) is 42.5. The van der Waals surface area contributed by atoms with Gasteiger partial charge in [0.15, 0.2) is 0 Å². The van der Waals surface area contributed by atoms with Crippen molar-refractivity contribution in [2.24, 2.45) is 5.73 Å². The number of rotatable bonds is 45. The first kappa shape index (κ1) is 56.9. The molecule has 0 aromatic heterocycles. The van der Waals surface area contributed by atoms with E-state index in [0.29, 0.717) is 13.0 Å². The highest BCUT2D eigenvalue weighted by Crippen LogP contribution is 2.43. The Hall–Kier alpha value is -2.07. The van der Waals surface area contributed by atoms with Gasteiger partial charge in [0.25, 0.3) is 0 Å². The maximum absolute atomic E-state index is 12.7. The predicted octanol–water partition coefficient (Wildman–Crippen LogP) is 13.4. The largest absolute Gasteiger partial charge is 0.480 e. The Morgan fingerprint density at radius 3 is 1.47 bits per heavy atom. The number of carboxylic acids is 1. The second-order valence-corrected chi connectivity index (χ2v) is 17.3. The number of carboxylic acid groups (broad SMARTS) is 1. The fourth-order valence-corrected chi connectivity index (χ4v) is 7.26. The van der Waals surface area contributed by atoms with E-state index in [2.05, 4.69) is 62.5 Å². The van der Waals surface area contributed by atoms with Crippen LogP contribution in [-0.2, 0) is 32.7 Å². The first-order valence-corrected chi connectivity index (χ1v) is 25.2. The van der Waals surface area contributed by atoms with Crippen molar-refractivity contribution in [2.75, 3.05) is 26.4 Å². The van der Waals surface area contributed by atoms with Crippen molar-refractivity contribution in [1.82, 2.24) is 0 Å². The van der Waals surface area contributed by atoms with Crippen LogP contribution in [0.3, 0.4) is 0 Å². The van der Waals surface area contributed by atoms with Crippen molar-refractivity contribution < 1.29 is 42.7 Å². The van der Waals surface area contributed by atoms with E-state index in [1.807, 2.05) is 0 Å². The molecule has 0 spiro atoms. The SMILES string of the molecule is CC/C=C\C/C=C\C/C=C\C/C=C\CCCCCCCCCCCOCC(COP(=O)(O)OCC(N)C(=O)O)OC(=O)CCCCCCCCCCCCCCCCC. The molecule has 11 heteroatoms. The minimum atomic E-state index is -4.62. The van der Waals surface area contributed by atoms with Crippen LogP contribution in [0.25, 0.3) is 0 Å². The summed E-state index contributed by atoms with van der Waals surface area (Å²) in [5.74, 6) is -1.78. The standard InChI is InChI=1S/C48H88NO9P/c1-3-5-7-9-11-13-15-17-19-20-21-22-23-24-25-27-29-31-33-35-37-39-41-55-42-45(43-56-59(53,54)57-44-46(49)48(51)52)58-47(50)40-38-36-34-32-30-28-26-18-16-14-12-10-8-6-4-2/h5,7,11,13,17,19,21-22,45-46H,3-4,6,8-10,12,14-16,18,20,23-44,49H2,1-2H3,(H,51,52)(H,53,54)/b7-5-,13-11-,19-17-,22-21-. The summed E-state index contributed by atoms with van der Waals surface area (Å²) in [4.78, 5) is 33.6. The number of nitrogens with two attached hydrogens (primary N) is 1. The summed E-state index contributed by atoms with van der Waals surface area (Å²) in [6.45, 7) is 3.77. The second kappa shape index (κ2) is 44.0. The zero-order valence-corrected chi connectivity index (χ0v) is 38.5. The van der Waals surface area contributed by atoms with Gasteiger partial charge in [-0.2, -0.15) is 0 Å². The third-order valence-corrected chi connectivity index (χ3v) is 11.1. The average Bonchev–Trinajstić information content (AvgIpc) is 3.21. The summed E-state index contributed by atoms with van der Waals surface area (Å²) < 4.78 is 33.4. The smallest absolute Gasteiger partial charge is 0.472 e. The number of phosphoric ester groups is 1. The normalized spacial score (nSPS) is 14.2. The van der Waals surface area contributed by atoms with E-state index >= 15 is 0 Å². The fourth-order valence-electron chi connectivity index (χ4n) is 6.48. The molecule has 0 saturated carbocycles. The quantitative estimate of drug-likeness (QED) is 0.0233. The molecule has 0 aliphatic rings. The Morgan fingerprint density at radius 2 is 0.983 bits per heavy atom. The van der Waals surface area contributed by atoms with Crippen molar-refractivity contribution in [3.8, 4) is 0 Å². The van der Waals surface area contributed by atoms with Gasteiger partial charge in [-0.1, -0.05) is 197 Å². The van der Waals surface area contributed by atoms with Gasteiger partial charge < -0.3 is 25.2 Å². The molecule has 0 aromatic carbocycles. The molecule has 0 fully saturated rings. The molecule has 0 amide bonds. The molecule has 0 rings (SSSR count). The average molecular weight is 854 g/mol. The minimum Gasteiger partial charge on any atom is -0.480 e. The van der Waals surface area contributed by atoms with Crippen molar-refractivity contribution in [3.05, 3.63) is 48.6 Å². The van der Waals surface area contributed by atoms with Crippen LogP contribution >= 0.6 is 7.82 Å². The molecule has 59 heavy (non-hydrogen) atoms. The lowest BCUT2D eigenvalue weighted by molar-refractivity contribution is -0.154. The topological polar surface area (TPSA) is 155 Å². The fraction of sp³-hybridized carbons (Fsp3) is 0.792. The molecule has 0 aromatic rings. The summed E-state index contributed by atoms with van der Waals surface area (Å²) >= 11 is 0. The van der Waals surface area contributed by atoms with E-state index in [-0.39, 0.29) is 13.0 Å². The molecule has 0 aliphatic carbocycles. The first-order valence-electron chi connectivity index (χ1n) is 23.7. The number of aliphatic carboxylic acids is 1. The van der Waals surface area contributed by atoms with Gasteiger partial charge in [-0.25, -0.2) is 4.57 Å². The summed E-state index contributed by atoms with van der Waals surface area (Å²) in [6.07, 6.45) is 51.6. The van der Waals surface area contributed by atoms with Crippen LogP contribution in [0.4, 0.5) is 0 Å². The third-order valence-electron chi connectivity index (χ3n) is 10.1. The molecule has 0 saturated heterocycles. The molecule has 4 N–H and O–H groups in total. The van der Waals surface area contributed by atoms with Crippen LogP contribution in [-0.4, -0.2) is 60.5 Å². The number of esters is 1. The van der Waals surface area contributed by atoms with Crippen molar-refractivity contribution >= 4 is 19.8 Å². The number of allylic oxidation sites excluding steroid dienone is 8. The van der Waals surface area contributed by atoms with Crippen LogP contribution < -0.4 is 5.73 Å². The number of carbonyl (C=O) groups excluding carboxylic acids is 1. The predicted molar refractivity (Wildman–Crippen MR) is 244 cm³/mol. The molecule has 0 heterocycles. The van der Waals surface area contributed by atoms with Gasteiger partial charge in [0.2, 0.25) is 0 Å². The van der Waals surface area contributed by atoms with E-state index in [1.54, 1.807) is 0 Å². The summed E-state index contributed by atoms with van der Waals surface area (Å²) in [6, 6.07) is -1.47. The highest BCUT2D eigenvalue weighted by atomic mass is 31.2. The van der Waals surface area contributed by atoms with E-state index in [0.717, 1.165) is 64.2 Å². The van der Waals surface area contributed by atoms with Crippen molar-refractivity contribution in [3.63, 3.8) is 0 Å². The van der Waals surface area contributed by atoms with Crippen LogP contribution in [0.5, 0.6) is 0 Å². The Morgan fingerprint density at radius 1 is 0.559 bits per heavy atom. The van der Waals surface area contributed by atoms with Crippen molar-refractivity contribution in [2.45, 2.75) is 219 Å². The number of carbonyl (C=O) groups is 2. The molecular formula is C48H88NO9P. The van der Waals surface area contributed by atoms with Crippen LogP contribution in [0.2, 0.25) is 0 Å². The molecule has 3 atom stereocenters. The monoisotopic (exact) mass is 854 g/mol. The zero-order chi connectivity index (χ0) is 43.3. The Bertz CT molecular complexity index is 1130. The first-order chi connectivity index (χ1) is 28.7. The van der Waals surface area contributed by atoms with Gasteiger partial charge in [0.05, 0.1) is 19.8 Å². The van der Waals surface area contributed by atoms with Gasteiger partial charge in [0.1, 0.15) is 12.1 Å². The van der Waals surface area contributed by atoms with E-state index in [1.165, 1.54) is 116 Å². The van der Waals surface area contributed by atoms with Gasteiger partial charge in [0, 0.05) is 13.0 Å². The lowest BCUT2D eigenvalue weighted by atomic mass is 10.0. The van der Waals surface area contributed by atoms with E-state index < -0.39 is 45.1 Å². The highest BCUT2D eigenvalue weighted by molar-refractivity contribution is 7.47. The van der Waals surface area contributed by atoms with Gasteiger partial charge in [-0.05, 0) is 51.4 Å². The van der Waals surface area contributed by atoms with Crippen LogP contribution in [0.1, 0.15) is 206 Å². The van der Waals surface area contributed by atoms with Crippen molar-refractivity contribution in [1.29, 1.82) is 0 Å². The van der Waals surface area contributed by atoms with E-state index in [9.17, 15) is 19.0 Å². The second-order valence-electron chi connectivity index (χ2n) is 15.9. The number of unbranched alkanes of at least 4 members (excludes halogenated alkanes) is 23. The maximum atomic E-state index is 12.7. The zero-order valence-electron chi connectivity index (χ0n) is 37.6. The lowest BCUT2D eigenvalue weighted by Gasteiger charge is -2.20. The van der Waals surface area contributed by atoms with E-state index in [4.69, 9.17) is 29.4 Å². The molecule has 0 radical (unpaired) electrons. The molecule has 3 unspecified atom stereocenters. The summed E-state index contributed by atoms with van der Waals surface area (Å²) in [5.41, 5.74) is 5.36. The summed E-state index contributed by atoms with van der Waals surface area (Å²) in [5, 5.41) is 8.91. The molecule has 0 aliphatic heterocycles. The number of ether oxygens (including phenoxy) is 2. The molecule has 10 nitrogen and oxygen atoms in total.